The summed E-state index contributed by atoms with van der Waals surface area (Å²) in [4.78, 5) is 44.4. The van der Waals surface area contributed by atoms with Crippen molar-refractivity contribution < 1.29 is 19.1 Å². The van der Waals surface area contributed by atoms with Crippen LogP contribution in [0.15, 0.2) is 24.3 Å². The summed E-state index contributed by atoms with van der Waals surface area (Å²) < 4.78 is 4.65. The number of carbonyl (C=O) groups excluding carboxylic acids is 3. The number of imide groups is 1. The SMILES string of the molecule is COC(=O)CN1C(=O)C2C(NC3N(c4ccccc4C)CCCN23)N(C)C1=O. The van der Waals surface area contributed by atoms with Crippen LogP contribution in [-0.2, 0) is 14.3 Å². The molecule has 0 bridgehead atoms. The van der Waals surface area contributed by atoms with Crippen molar-refractivity contribution in [3.8, 4) is 0 Å². The second-order valence-corrected chi connectivity index (χ2v) is 7.40. The van der Waals surface area contributed by atoms with E-state index in [2.05, 4.69) is 38.9 Å². The molecule has 0 saturated carbocycles. The molecular formula is C19H25N5O4. The van der Waals surface area contributed by atoms with E-state index in [9.17, 15) is 14.4 Å². The van der Waals surface area contributed by atoms with Crippen LogP contribution in [0.1, 0.15) is 12.0 Å². The van der Waals surface area contributed by atoms with Gasteiger partial charge < -0.3 is 14.5 Å². The van der Waals surface area contributed by atoms with E-state index in [1.165, 1.54) is 12.0 Å². The summed E-state index contributed by atoms with van der Waals surface area (Å²) in [5.41, 5.74) is 2.26. The van der Waals surface area contributed by atoms with Gasteiger partial charge in [0.05, 0.1) is 7.11 Å². The van der Waals surface area contributed by atoms with E-state index in [1.807, 2.05) is 12.1 Å². The van der Waals surface area contributed by atoms with Gasteiger partial charge in [-0.2, -0.15) is 0 Å². The second-order valence-electron chi connectivity index (χ2n) is 7.40. The highest BCUT2D eigenvalue weighted by Crippen LogP contribution is 2.34. The molecule has 0 aliphatic carbocycles. The maximum Gasteiger partial charge on any atom is 0.328 e. The molecule has 3 heterocycles. The summed E-state index contributed by atoms with van der Waals surface area (Å²) in [6, 6.07) is 7.11. The molecule has 3 fully saturated rings. The monoisotopic (exact) mass is 387 g/mol. The zero-order chi connectivity index (χ0) is 20.0. The molecule has 0 aromatic heterocycles. The third-order valence-corrected chi connectivity index (χ3v) is 5.81. The molecule has 3 amide bonds. The minimum atomic E-state index is -0.615. The first kappa shape index (κ1) is 18.7. The summed E-state index contributed by atoms with van der Waals surface area (Å²) in [5, 5.41) is 3.46. The van der Waals surface area contributed by atoms with E-state index in [4.69, 9.17) is 0 Å². The van der Waals surface area contributed by atoms with Crippen LogP contribution in [0.4, 0.5) is 10.5 Å². The van der Waals surface area contributed by atoms with Gasteiger partial charge in [-0.3, -0.25) is 24.7 Å². The van der Waals surface area contributed by atoms with Gasteiger partial charge in [-0.1, -0.05) is 18.2 Å². The van der Waals surface area contributed by atoms with E-state index in [0.29, 0.717) is 0 Å². The fraction of sp³-hybridized carbons (Fsp3) is 0.526. The van der Waals surface area contributed by atoms with E-state index in [-0.39, 0.29) is 18.7 Å². The number of esters is 1. The fourth-order valence-corrected chi connectivity index (χ4v) is 4.39. The Morgan fingerprint density at radius 3 is 2.71 bits per heavy atom. The van der Waals surface area contributed by atoms with Gasteiger partial charge in [-0.05, 0) is 25.0 Å². The van der Waals surface area contributed by atoms with Crippen molar-refractivity contribution in [3.63, 3.8) is 0 Å². The van der Waals surface area contributed by atoms with Crippen molar-refractivity contribution in [1.82, 2.24) is 20.0 Å². The number of rotatable bonds is 3. The summed E-state index contributed by atoms with van der Waals surface area (Å²) in [5.74, 6) is -0.976. The number of para-hydroxylation sites is 1. The van der Waals surface area contributed by atoms with E-state index in [1.54, 1.807) is 7.05 Å². The normalized spacial score (nSPS) is 27.7. The van der Waals surface area contributed by atoms with Gasteiger partial charge in [0.25, 0.3) is 5.91 Å². The van der Waals surface area contributed by atoms with Crippen molar-refractivity contribution in [2.24, 2.45) is 0 Å². The minimum Gasteiger partial charge on any atom is -0.468 e. The van der Waals surface area contributed by atoms with E-state index < -0.39 is 24.2 Å². The lowest BCUT2D eigenvalue weighted by molar-refractivity contribution is -0.149. The van der Waals surface area contributed by atoms with Crippen LogP contribution >= 0.6 is 0 Å². The van der Waals surface area contributed by atoms with Gasteiger partial charge in [0.15, 0.2) is 0 Å². The van der Waals surface area contributed by atoms with Crippen molar-refractivity contribution in [2.75, 3.05) is 38.7 Å². The first-order chi connectivity index (χ1) is 13.4. The standard InChI is InChI=1S/C19H25N5O4/c1-12-7-4-5-8-13(12)22-9-6-10-23-15-16(20-18(22)23)21(2)19(27)24(17(15)26)11-14(25)28-3/h4-5,7-8,15-16,18,20H,6,9-11H2,1-3H3. The topological polar surface area (TPSA) is 85.4 Å². The summed E-state index contributed by atoms with van der Waals surface area (Å²) in [6.45, 7) is 3.29. The van der Waals surface area contributed by atoms with Crippen molar-refractivity contribution in [2.45, 2.75) is 31.8 Å². The number of likely N-dealkylation sites (N-methyl/N-ethyl adjacent to an activating group) is 1. The van der Waals surface area contributed by atoms with Crippen LogP contribution in [0, 0.1) is 6.92 Å². The van der Waals surface area contributed by atoms with Crippen molar-refractivity contribution in [1.29, 1.82) is 0 Å². The molecule has 3 saturated heterocycles. The average molecular weight is 387 g/mol. The molecule has 150 valence electrons. The molecule has 1 N–H and O–H groups in total. The van der Waals surface area contributed by atoms with Gasteiger partial charge in [-0.25, -0.2) is 4.79 Å². The van der Waals surface area contributed by atoms with Crippen molar-refractivity contribution >= 4 is 23.6 Å². The fourth-order valence-electron chi connectivity index (χ4n) is 4.39. The summed E-state index contributed by atoms with van der Waals surface area (Å²) in [7, 11) is 2.89. The van der Waals surface area contributed by atoms with Crippen LogP contribution < -0.4 is 10.2 Å². The predicted molar refractivity (Wildman–Crippen MR) is 101 cm³/mol. The number of nitrogens with zero attached hydrogens (tertiary/aromatic N) is 4. The largest absolute Gasteiger partial charge is 0.468 e. The molecule has 3 aliphatic rings. The van der Waals surface area contributed by atoms with Crippen LogP contribution in [-0.4, -0.2) is 84.9 Å². The number of ether oxygens (including phenoxy) is 1. The molecule has 9 nitrogen and oxygen atoms in total. The number of fused-ring (bicyclic) bond motifs is 3. The van der Waals surface area contributed by atoms with Gasteiger partial charge >= 0.3 is 12.0 Å². The lowest BCUT2D eigenvalue weighted by Gasteiger charge is -2.44. The number of aryl methyl sites for hydroxylation is 1. The van der Waals surface area contributed by atoms with Crippen molar-refractivity contribution in [3.05, 3.63) is 29.8 Å². The maximum atomic E-state index is 13.1. The van der Waals surface area contributed by atoms with Gasteiger partial charge in [0.2, 0.25) is 0 Å². The quantitative estimate of drug-likeness (QED) is 0.740. The molecule has 1 aromatic carbocycles. The number of nitrogens with one attached hydrogen (secondary N) is 1. The Labute approximate surface area is 163 Å². The van der Waals surface area contributed by atoms with Crippen LogP contribution in [0.5, 0.6) is 0 Å². The smallest absolute Gasteiger partial charge is 0.328 e. The number of hydrogen-bond donors (Lipinski definition) is 1. The molecule has 28 heavy (non-hydrogen) atoms. The molecule has 3 atom stereocenters. The third-order valence-electron chi connectivity index (χ3n) is 5.81. The van der Waals surface area contributed by atoms with Crippen LogP contribution in [0.2, 0.25) is 0 Å². The summed E-state index contributed by atoms with van der Waals surface area (Å²) in [6.07, 6.45) is 0.267. The van der Waals surface area contributed by atoms with Crippen LogP contribution in [0.3, 0.4) is 0 Å². The molecule has 9 heteroatoms. The van der Waals surface area contributed by atoms with E-state index >= 15 is 0 Å². The highest BCUT2D eigenvalue weighted by atomic mass is 16.5. The predicted octanol–water partition coefficient (Wildman–Crippen LogP) is 0.156. The summed E-state index contributed by atoms with van der Waals surface area (Å²) >= 11 is 0. The minimum absolute atomic E-state index is 0.192. The number of benzene rings is 1. The zero-order valence-corrected chi connectivity index (χ0v) is 16.3. The van der Waals surface area contributed by atoms with Crippen LogP contribution in [0.25, 0.3) is 0 Å². The first-order valence-corrected chi connectivity index (χ1v) is 9.43. The Balaban J connectivity index is 1.65. The zero-order valence-electron chi connectivity index (χ0n) is 16.3. The molecule has 0 radical (unpaired) electrons. The Kier molecular flexibility index (Phi) is 4.72. The molecule has 4 rings (SSSR count). The molecule has 3 unspecified atom stereocenters. The Bertz CT molecular complexity index is 815. The average Bonchev–Trinajstić information content (AvgIpc) is 3.10. The highest BCUT2D eigenvalue weighted by molar-refractivity contribution is 6.02. The maximum absolute atomic E-state index is 13.1. The number of hydrogen-bond acceptors (Lipinski definition) is 7. The Hall–Kier alpha value is -2.65. The lowest BCUT2D eigenvalue weighted by Crippen LogP contribution is -2.67. The molecule has 0 spiro atoms. The van der Waals surface area contributed by atoms with Gasteiger partial charge in [0.1, 0.15) is 25.0 Å². The second kappa shape index (κ2) is 7.06. The molecule has 1 aromatic rings. The number of urea groups is 1. The number of carbonyl (C=O) groups is 3. The van der Waals surface area contributed by atoms with Gasteiger partial charge in [-0.15, -0.1) is 0 Å². The molecular weight excluding hydrogens is 362 g/mol. The van der Waals surface area contributed by atoms with E-state index in [0.717, 1.165) is 35.7 Å². The number of methoxy groups -OCH3 is 1. The first-order valence-electron chi connectivity index (χ1n) is 9.43. The highest BCUT2D eigenvalue weighted by Gasteiger charge is 2.56. The molecule has 3 aliphatic heterocycles. The lowest BCUT2D eigenvalue weighted by atomic mass is 10.1. The Morgan fingerprint density at radius 2 is 2.00 bits per heavy atom. The number of anilines is 1. The number of amides is 3. The van der Waals surface area contributed by atoms with Gasteiger partial charge in [0, 0.05) is 25.8 Å². The third kappa shape index (κ3) is 2.82. The Morgan fingerprint density at radius 1 is 1.25 bits per heavy atom.